The number of nitrogens with one attached hydrogen (secondary N) is 2. The zero-order chi connectivity index (χ0) is 22.5. The van der Waals surface area contributed by atoms with Crippen molar-refractivity contribution >= 4 is 52.1 Å². The molecule has 0 saturated carbocycles. The maximum atomic E-state index is 11.6. The Morgan fingerprint density at radius 2 is 1.91 bits per heavy atom. The number of halogens is 2. The molecule has 3 aromatic rings. The predicted octanol–water partition coefficient (Wildman–Crippen LogP) is 5.16. The Balaban J connectivity index is 1.61. The van der Waals surface area contributed by atoms with Crippen molar-refractivity contribution in [3.8, 4) is 11.3 Å². The number of hydrogen-bond donors (Lipinski definition) is 2. The van der Waals surface area contributed by atoms with E-state index in [1.54, 1.807) is 18.2 Å². The smallest absolute Gasteiger partial charge is 0.247 e. The number of morpholine rings is 1. The molecule has 164 valence electrons. The zero-order valence-electron chi connectivity index (χ0n) is 17.1. The van der Waals surface area contributed by atoms with Gasteiger partial charge < -0.3 is 20.3 Å². The maximum absolute atomic E-state index is 11.6. The molecule has 4 rings (SSSR count). The fourth-order valence-electron chi connectivity index (χ4n) is 3.33. The van der Waals surface area contributed by atoms with Gasteiger partial charge in [-0.05, 0) is 42.5 Å². The van der Waals surface area contributed by atoms with Gasteiger partial charge in [0.25, 0.3) is 0 Å². The Labute approximate surface area is 196 Å². The molecule has 2 heterocycles. The van der Waals surface area contributed by atoms with Crippen molar-refractivity contribution in [2.24, 2.45) is 0 Å². The van der Waals surface area contributed by atoms with Crippen LogP contribution in [0.1, 0.15) is 0 Å². The Morgan fingerprint density at radius 1 is 1.09 bits per heavy atom. The molecule has 0 radical (unpaired) electrons. The van der Waals surface area contributed by atoms with Crippen LogP contribution in [0.2, 0.25) is 10.0 Å². The van der Waals surface area contributed by atoms with E-state index in [-0.39, 0.29) is 5.91 Å². The molecule has 1 aromatic heterocycles. The van der Waals surface area contributed by atoms with E-state index >= 15 is 0 Å². The first kappa shape index (κ1) is 22.1. The average molecular weight is 470 g/mol. The van der Waals surface area contributed by atoms with Gasteiger partial charge in [-0.2, -0.15) is 0 Å². The molecule has 1 saturated heterocycles. The standard InChI is InChI=1S/C23H21Cl2N5O2/c1-2-21(31)27-16-6-7-19(24)18(13-16)22-20(25)14-26-23(29-22)28-15-4-3-5-17(12-15)30-8-10-32-11-9-30/h2-7,12-14H,1,8-11H2,(H,27,31)(H,26,28,29). The van der Waals surface area contributed by atoms with E-state index in [0.717, 1.165) is 24.5 Å². The summed E-state index contributed by atoms with van der Waals surface area (Å²) in [6, 6.07) is 13.1. The lowest BCUT2D eigenvalue weighted by atomic mass is 10.1. The molecule has 2 aromatic carbocycles. The third kappa shape index (κ3) is 5.19. The van der Waals surface area contributed by atoms with Crippen molar-refractivity contribution in [3.05, 3.63) is 71.4 Å². The summed E-state index contributed by atoms with van der Waals surface area (Å²) in [6.45, 7) is 6.59. The van der Waals surface area contributed by atoms with Crippen molar-refractivity contribution in [1.82, 2.24) is 9.97 Å². The molecule has 2 N–H and O–H groups in total. The first-order valence-electron chi connectivity index (χ1n) is 9.99. The summed E-state index contributed by atoms with van der Waals surface area (Å²) in [4.78, 5) is 22.8. The summed E-state index contributed by atoms with van der Waals surface area (Å²) in [5, 5.41) is 6.73. The second kappa shape index (κ2) is 9.99. The third-order valence-electron chi connectivity index (χ3n) is 4.90. The van der Waals surface area contributed by atoms with Gasteiger partial charge in [0.1, 0.15) is 0 Å². The fraction of sp³-hybridized carbons (Fsp3) is 0.174. The molecule has 0 spiro atoms. The van der Waals surface area contributed by atoms with Crippen LogP contribution in [0.5, 0.6) is 0 Å². The lowest BCUT2D eigenvalue weighted by Crippen LogP contribution is -2.36. The second-order valence-electron chi connectivity index (χ2n) is 7.05. The molecular weight excluding hydrogens is 449 g/mol. The summed E-state index contributed by atoms with van der Waals surface area (Å²) in [5.74, 6) is 0.0506. The number of carbonyl (C=O) groups is 1. The van der Waals surface area contributed by atoms with Crippen molar-refractivity contribution in [2.75, 3.05) is 41.8 Å². The van der Waals surface area contributed by atoms with Gasteiger partial charge in [0.2, 0.25) is 11.9 Å². The fourth-order valence-corrected chi connectivity index (χ4v) is 3.72. The average Bonchev–Trinajstić information content (AvgIpc) is 2.82. The van der Waals surface area contributed by atoms with Gasteiger partial charge in [-0.1, -0.05) is 35.8 Å². The number of anilines is 4. The summed E-state index contributed by atoms with van der Waals surface area (Å²) in [6.07, 6.45) is 2.71. The Hall–Kier alpha value is -3.13. The number of amides is 1. The molecule has 1 aliphatic rings. The summed E-state index contributed by atoms with van der Waals surface area (Å²) in [5.41, 5.74) is 3.53. The number of nitrogens with zero attached hydrogens (tertiary/aromatic N) is 3. The van der Waals surface area contributed by atoms with Gasteiger partial charge in [0, 0.05) is 35.7 Å². The van der Waals surface area contributed by atoms with Crippen molar-refractivity contribution in [3.63, 3.8) is 0 Å². The van der Waals surface area contributed by atoms with Crippen LogP contribution >= 0.6 is 23.2 Å². The van der Waals surface area contributed by atoms with Gasteiger partial charge in [-0.3, -0.25) is 4.79 Å². The molecule has 0 unspecified atom stereocenters. The van der Waals surface area contributed by atoms with E-state index in [9.17, 15) is 4.79 Å². The minimum absolute atomic E-state index is 0.324. The van der Waals surface area contributed by atoms with Crippen LogP contribution in [0.15, 0.2) is 61.3 Å². The highest BCUT2D eigenvalue weighted by molar-refractivity contribution is 6.36. The highest BCUT2D eigenvalue weighted by atomic mass is 35.5. The lowest BCUT2D eigenvalue weighted by Gasteiger charge is -2.29. The van der Waals surface area contributed by atoms with Crippen LogP contribution in [0.4, 0.5) is 23.0 Å². The highest BCUT2D eigenvalue weighted by Gasteiger charge is 2.15. The van der Waals surface area contributed by atoms with E-state index in [1.165, 1.54) is 12.3 Å². The molecule has 0 atom stereocenters. The summed E-state index contributed by atoms with van der Waals surface area (Å²) >= 11 is 12.8. The molecule has 1 fully saturated rings. The Bertz CT molecular complexity index is 1150. The maximum Gasteiger partial charge on any atom is 0.247 e. The highest BCUT2D eigenvalue weighted by Crippen LogP contribution is 2.34. The molecule has 7 nitrogen and oxygen atoms in total. The first-order valence-corrected chi connectivity index (χ1v) is 10.7. The number of aromatic nitrogens is 2. The van der Waals surface area contributed by atoms with Crippen LogP contribution in [0.3, 0.4) is 0 Å². The molecule has 32 heavy (non-hydrogen) atoms. The first-order chi connectivity index (χ1) is 15.5. The summed E-state index contributed by atoms with van der Waals surface area (Å²) < 4.78 is 5.43. The third-order valence-corrected chi connectivity index (χ3v) is 5.50. The Kier molecular flexibility index (Phi) is 6.90. The molecule has 1 aliphatic heterocycles. The van der Waals surface area contributed by atoms with Gasteiger partial charge >= 0.3 is 0 Å². The van der Waals surface area contributed by atoms with Crippen molar-refractivity contribution < 1.29 is 9.53 Å². The molecule has 0 bridgehead atoms. The monoisotopic (exact) mass is 469 g/mol. The van der Waals surface area contributed by atoms with Gasteiger partial charge in [-0.15, -0.1) is 0 Å². The molecule has 0 aliphatic carbocycles. The quantitative estimate of drug-likeness (QED) is 0.485. The molecule has 1 amide bonds. The number of benzene rings is 2. The van der Waals surface area contributed by atoms with E-state index in [0.29, 0.717) is 46.2 Å². The minimum atomic E-state index is -0.324. The SMILES string of the molecule is C=CC(=O)Nc1ccc(Cl)c(-c2nc(Nc3cccc(N4CCOCC4)c3)ncc2Cl)c1. The van der Waals surface area contributed by atoms with Crippen LogP contribution < -0.4 is 15.5 Å². The van der Waals surface area contributed by atoms with Crippen molar-refractivity contribution in [2.45, 2.75) is 0 Å². The zero-order valence-corrected chi connectivity index (χ0v) is 18.7. The van der Waals surface area contributed by atoms with Gasteiger partial charge in [-0.25, -0.2) is 9.97 Å². The normalized spacial score (nSPS) is 13.5. The number of hydrogen-bond acceptors (Lipinski definition) is 6. The molecule has 9 heteroatoms. The topological polar surface area (TPSA) is 79.4 Å². The Morgan fingerprint density at radius 3 is 2.69 bits per heavy atom. The van der Waals surface area contributed by atoms with E-state index in [1.807, 2.05) is 18.2 Å². The van der Waals surface area contributed by atoms with Gasteiger partial charge in [0.05, 0.1) is 35.1 Å². The van der Waals surface area contributed by atoms with Crippen LogP contribution in [0.25, 0.3) is 11.3 Å². The summed E-state index contributed by atoms with van der Waals surface area (Å²) in [7, 11) is 0. The number of rotatable bonds is 6. The number of carbonyl (C=O) groups excluding carboxylic acids is 1. The molecular formula is C23H21Cl2N5O2. The number of ether oxygens (including phenoxy) is 1. The van der Waals surface area contributed by atoms with Crippen LogP contribution in [-0.2, 0) is 9.53 Å². The largest absolute Gasteiger partial charge is 0.378 e. The van der Waals surface area contributed by atoms with E-state index < -0.39 is 0 Å². The van der Waals surface area contributed by atoms with Crippen LogP contribution in [-0.4, -0.2) is 42.2 Å². The van der Waals surface area contributed by atoms with Gasteiger partial charge in [0.15, 0.2) is 0 Å². The van der Waals surface area contributed by atoms with Crippen LogP contribution in [0, 0.1) is 0 Å². The van der Waals surface area contributed by atoms with E-state index in [4.69, 9.17) is 27.9 Å². The lowest BCUT2D eigenvalue weighted by molar-refractivity contribution is -0.111. The van der Waals surface area contributed by atoms with Crippen molar-refractivity contribution in [1.29, 1.82) is 0 Å². The van der Waals surface area contributed by atoms with E-state index in [2.05, 4.69) is 38.1 Å². The minimum Gasteiger partial charge on any atom is -0.378 e. The predicted molar refractivity (Wildman–Crippen MR) is 129 cm³/mol. The second-order valence-corrected chi connectivity index (χ2v) is 7.87.